The van der Waals surface area contributed by atoms with Crippen molar-refractivity contribution in [3.63, 3.8) is 0 Å². The molecule has 0 aromatic heterocycles. The van der Waals surface area contributed by atoms with Gasteiger partial charge in [0, 0.05) is 13.1 Å². The zero-order valence-electron chi connectivity index (χ0n) is 8.71. The zero-order chi connectivity index (χ0) is 10.1. The Kier molecular flexibility index (Phi) is 3.01. The third-order valence-corrected chi connectivity index (χ3v) is 3.77. The molecule has 14 heavy (non-hydrogen) atoms. The number of carbonyl (C=O) groups excluding carboxylic acids is 1. The van der Waals surface area contributed by atoms with Crippen molar-refractivity contribution in [1.29, 1.82) is 0 Å². The minimum Gasteiger partial charge on any atom is -0.341 e. The summed E-state index contributed by atoms with van der Waals surface area (Å²) in [5.41, 5.74) is 0. The van der Waals surface area contributed by atoms with Gasteiger partial charge in [-0.3, -0.25) is 4.79 Å². The summed E-state index contributed by atoms with van der Waals surface area (Å²) in [6.07, 6.45) is 5.21. The van der Waals surface area contributed by atoms with Crippen molar-refractivity contribution in [1.82, 2.24) is 4.90 Å². The molecule has 3 atom stereocenters. The second kappa shape index (κ2) is 4.09. The van der Waals surface area contributed by atoms with Crippen LogP contribution >= 0.6 is 11.6 Å². The average molecular weight is 216 g/mol. The number of fused-ring (bicyclic) bond motifs is 2. The third kappa shape index (κ3) is 2.05. The molecule has 2 rings (SSSR count). The number of rotatable bonds is 1. The van der Waals surface area contributed by atoms with Crippen LogP contribution in [0.25, 0.3) is 0 Å². The summed E-state index contributed by atoms with van der Waals surface area (Å²) < 4.78 is 0. The van der Waals surface area contributed by atoms with Gasteiger partial charge in [0.2, 0.25) is 5.91 Å². The molecule has 0 radical (unpaired) electrons. The van der Waals surface area contributed by atoms with Crippen LogP contribution in [0, 0.1) is 11.8 Å². The Morgan fingerprint density at radius 3 is 2.79 bits per heavy atom. The Morgan fingerprint density at radius 2 is 2.07 bits per heavy atom. The van der Waals surface area contributed by atoms with Crippen molar-refractivity contribution in [2.24, 2.45) is 11.8 Å². The minimum absolute atomic E-state index is 0.124. The Balaban J connectivity index is 1.98. The molecule has 0 aromatic carbocycles. The molecule has 0 aromatic rings. The average Bonchev–Trinajstić information content (AvgIpc) is 2.45. The van der Waals surface area contributed by atoms with Crippen LogP contribution in [0.3, 0.4) is 0 Å². The predicted molar refractivity (Wildman–Crippen MR) is 57.3 cm³/mol. The van der Waals surface area contributed by atoms with Crippen molar-refractivity contribution in [2.75, 3.05) is 13.1 Å². The highest BCUT2D eigenvalue weighted by Gasteiger charge is 2.32. The van der Waals surface area contributed by atoms with E-state index in [9.17, 15) is 4.79 Å². The maximum atomic E-state index is 11.7. The molecule has 2 fully saturated rings. The number of hydrogen-bond acceptors (Lipinski definition) is 1. The molecule has 1 saturated carbocycles. The first-order valence-electron chi connectivity index (χ1n) is 5.59. The fraction of sp³-hybridized carbons (Fsp3) is 0.909. The summed E-state index contributed by atoms with van der Waals surface area (Å²) in [4.78, 5) is 13.7. The molecular weight excluding hydrogens is 198 g/mol. The fourth-order valence-electron chi connectivity index (χ4n) is 2.80. The van der Waals surface area contributed by atoms with Crippen molar-refractivity contribution >= 4 is 17.5 Å². The maximum Gasteiger partial charge on any atom is 0.240 e. The van der Waals surface area contributed by atoms with E-state index in [1.54, 1.807) is 6.92 Å². The van der Waals surface area contributed by atoms with E-state index in [1.807, 2.05) is 4.90 Å². The summed E-state index contributed by atoms with van der Waals surface area (Å²) in [6, 6.07) is 0. The van der Waals surface area contributed by atoms with Gasteiger partial charge in [-0.05, 0) is 38.0 Å². The van der Waals surface area contributed by atoms with Gasteiger partial charge in [-0.15, -0.1) is 11.6 Å². The Hall–Kier alpha value is -0.240. The van der Waals surface area contributed by atoms with Crippen LogP contribution in [0.5, 0.6) is 0 Å². The fourth-order valence-corrected chi connectivity index (χ4v) is 2.94. The third-order valence-electron chi connectivity index (χ3n) is 3.59. The molecule has 2 aliphatic rings. The SMILES string of the molecule is CC(Cl)C(=O)N1CCC2CCC(C2)C1. The lowest BCUT2D eigenvalue weighted by Gasteiger charge is -2.25. The standard InChI is InChI=1S/C11H18ClNO/c1-8(12)11(14)13-5-4-9-2-3-10(6-9)7-13/h8-10H,2-7H2,1H3. The van der Waals surface area contributed by atoms with Gasteiger partial charge in [0.05, 0.1) is 0 Å². The van der Waals surface area contributed by atoms with Crippen molar-refractivity contribution in [3.05, 3.63) is 0 Å². The summed E-state index contributed by atoms with van der Waals surface area (Å²) in [5.74, 6) is 1.75. The summed E-state index contributed by atoms with van der Waals surface area (Å²) >= 11 is 5.83. The molecule has 3 unspecified atom stereocenters. The lowest BCUT2D eigenvalue weighted by Crippen LogP contribution is -2.38. The smallest absolute Gasteiger partial charge is 0.240 e. The Bertz CT molecular complexity index is 229. The highest BCUT2D eigenvalue weighted by Crippen LogP contribution is 2.36. The molecule has 1 aliphatic carbocycles. The predicted octanol–water partition coefficient (Wildman–Crippen LogP) is 2.26. The second-order valence-corrected chi connectivity index (χ2v) is 5.39. The molecule has 2 bridgehead atoms. The van der Waals surface area contributed by atoms with Crippen molar-refractivity contribution < 1.29 is 4.79 Å². The number of carbonyl (C=O) groups is 1. The number of likely N-dealkylation sites (tertiary alicyclic amines) is 1. The molecule has 1 aliphatic heterocycles. The monoisotopic (exact) mass is 215 g/mol. The molecule has 2 nitrogen and oxygen atoms in total. The van der Waals surface area contributed by atoms with E-state index in [0.717, 1.165) is 24.9 Å². The molecular formula is C11H18ClNO. The van der Waals surface area contributed by atoms with Gasteiger partial charge >= 0.3 is 0 Å². The van der Waals surface area contributed by atoms with E-state index in [-0.39, 0.29) is 11.3 Å². The number of amides is 1. The highest BCUT2D eigenvalue weighted by molar-refractivity contribution is 6.30. The van der Waals surface area contributed by atoms with E-state index >= 15 is 0 Å². The van der Waals surface area contributed by atoms with Gasteiger partial charge in [-0.2, -0.15) is 0 Å². The van der Waals surface area contributed by atoms with Crippen LogP contribution in [0.1, 0.15) is 32.6 Å². The number of hydrogen-bond donors (Lipinski definition) is 0. The topological polar surface area (TPSA) is 20.3 Å². The molecule has 3 heteroatoms. The second-order valence-electron chi connectivity index (χ2n) is 4.73. The van der Waals surface area contributed by atoms with Crippen LogP contribution in [0.4, 0.5) is 0 Å². The lowest BCUT2D eigenvalue weighted by molar-refractivity contribution is -0.131. The van der Waals surface area contributed by atoms with E-state index in [0.29, 0.717) is 0 Å². The Labute approximate surface area is 90.6 Å². The summed E-state index contributed by atoms with van der Waals surface area (Å²) in [5, 5.41) is -0.355. The zero-order valence-corrected chi connectivity index (χ0v) is 9.46. The van der Waals surface area contributed by atoms with Gasteiger partial charge in [0.25, 0.3) is 0 Å². The molecule has 1 heterocycles. The first-order chi connectivity index (χ1) is 6.66. The van der Waals surface area contributed by atoms with Crippen LogP contribution in [-0.2, 0) is 4.79 Å². The normalized spacial score (nSPS) is 34.0. The van der Waals surface area contributed by atoms with Gasteiger partial charge in [0.15, 0.2) is 0 Å². The highest BCUT2D eigenvalue weighted by atomic mass is 35.5. The van der Waals surface area contributed by atoms with E-state index in [2.05, 4.69) is 0 Å². The summed E-state index contributed by atoms with van der Waals surface area (Å²) in [6.45, 7) is 3.65. The van der Waals surface area contributed by atoms with E-state index in [1.165, 1.54) is 25.7 Å². The quantitative estimate of drug-likeness (QED) is 0.615. The molecule has 0 N–H and O–H groups in total. The van der Waals surface area contributed by atoms with Gasteiger partial charge in [-0.1, -0.05) is 6.42 Å². The number of nitrogens with zero attached hydrogens (tertiary/aromatic N) is 1. The first kappa shape index (κ1) is 10.3. The number of alkyl halides is 1. The van der Waals surface area contributed by atoms with Crippen LogP contribution in [0.15, 0.2) is 0 Å². The van der Waals surface area contributed by atoms with Gasteiger partial charge in [-0.25, -0.2) is 0 Å². The van der Waals surface area contributed by atoms with E-state index < -0.39 is 0 Å². The minimum atomic E-state index is -0.355. The molecule has 1 saturated heterocycles. The molecule has 1 amide bonds. The van der Waals surface area contributed by atoms with Crippen LogP contribution in [0.2, 0.25) is 0 Å². The molecule has 0 spiro atoms. The first-order valence-corrected chi connectivity index (χ1v) is 6.03. The molecule has 80 valence electrons. The van der Waals surface area contributed by atoms with E-state index in [4.69, 9.17) is 11.6 Å². The maximum absolute atomic E-state index is 11.7. The summed E-state index contributed by atoms with van der Waals surface area (Å²) in [7, 11) is 0. The van der Waals surface area contributed by atoms with Crippen molar-refractivity contribution in [2.45, 2.75) is 38.0 Å². The largest absolute Gasteiger partial charge is 0.341 e. The van der Waals surface area contributed by atoms with Crippen LogP contribution < -0.4 is 0 Å². The van der Waals surface area contributed by atoms with Crippen LogP contribution in [-0.4, -0.2) is 29.3 Å². The van der Waals surface area contributed by atoms with Gasteiger partial charge in [0.1, 0.15) is 5.38 Å². The Morgan fingerprint density at radius 1 is 1.36 bits per heavy atom. The van der Waals surface area contributed by atoms with Crippen molar-refractivity contribution in [3.8, 4) is 0 Å². The lowest BCUT2D eigenvalue weighted by atomic mass is 10.0. The van der Waals surface area contributed by atoms with Gasteiger partial charge < -0.3 is 4.90 Å². The number of halogens is 1.